The van der Waals surface area contributed by atoms with Crippen LogP contribution in [0.4, 0.5) is 5.82 Å². The molecule has 0 bridgehead atoms. The average molecular weight is 271 g/mol. The van der Waals surface area contributed by atoms with Gasteiger partial charge in [-0.15, -0.1) is 0 Å². The number of carbonyl (C=O) groups is 1. The second-order valence-corrected chi connectivity index (χ2v) is 6.15. The van der Waals surface area contributed by atoms with E-state index in [2.05, 4.69) is 15.3 Å². The maximum atomic E-state index is 11.3. The van der Waals surface area contributed by atoms with Crippen LogP contribution in [0.1, 0.15) is 40.4 Å². The molecule has 0 aliphatic rings. The van der Waals surface area contributed by atoms with Crippen molar-refractivity contribution in [2.75, 3.05) is 5.32 Å². The van der Waals surface area contributed by atoms with Crippen LogP contribution in [0.2, 0.25) is 5.15 Å². The number of rotatable bonds is 3. The Labute approximate surface area is 112 Å². The minimum absolute atomic E-state index is 0.224. The number of nitrogens with one attached hydrogen (secondary N) is 1. The average Bonchev–Trinajstić information content (AvgIpc) is 2.13. The molecule has 0 spiro atoms. The first kappa shape index (κ1) is 14.7. The Kier molecular flexibility index (Phi) is 3.86. The Morgan fingerprint density at radius 2 is 1.83 bits per heavy atom. The van der Waals surface area contributed by atoms with Crippen LogP contribution in [0.15, 0.2) is 6.07 Å². The molecular formula is C12H19ClN4O. The number of aromatic nitrogens is 2. The summed E-state index contributed by atoms with van der Waals surface area (Å²) in [5, 5.41) is 3.29. The summed E-state index contributed by atoms with van der Waals surface area (Å²) in [6.45, 7) is 9.33. The molecule has 5 nitrogen and oxygen atoms in total. The van der Waals surface area contributed by atoms with Crippen molar-refractivity contribution in [3.05, 3.63) is 17.0 Å². The summed E-state index contributed by atoms with van der Waals surface area (Å²) in [6, 6.07) is 1.57. The first-order chi connectivity index (χ1) is 8.02. The van der Waals surface area contributed by atoms with E-state index in [0.717, 1.165) is 0 Å². The number of amides is 1. The molecule has 0 saturated carbocycles. The molecule has 0 aliphatic heterocycles. The van der Waals surface area contributed by atoms with Crippen LogP contribution >= 0.6 is 11.6 Å². The van der Waals surface area contributed by atoms with Crippen molar-refractivity contribution >= 4 is 23.3 Å². The zero-order valence-corrected chi connectivity index (χ0v) is 12.1. The largest absolute Gasteiger partial charge is 0.368 e. The number of halogens is 1. The van der Waals surface area contributed by atoms with Crippen LogP contribution in [-0.2, 0) is 10.2 Å². The molecule has 0 radical (unpaired) electrons. The van der Waals surface area contributed by atoms with Gasteiger partial charge in [0.1, 0.15) is 22.3 Å². The summed E-state index contributed by atoms with van der Waals surface area (Å²) in [6.07, 6.45) is 0. The maximum Gasteiger partial charge on any atom is 0.242 e. The third-order valence-electron chi connectivity index (χ3n) is 2.42. The number of nitrogens with two attached hydrogens (primary N) is 1. The SMILES string of the molecule is CC(C)(Nc1cc(Cl)nc(C(C)(C)C)n1)C(N)=O. The fourth-order valence-electron chi connectivity index (χ4n) is 1.20. The first-order valence-corrected chi connectivity index (χ1v) is 6.03. The molecule has 0 atom stereocenters. The predicted molar refractivity (Wildman–Crippen MR) is 72.6 cm³/mol. The van der Waals surface area contributed by atoms with Crippen LogP contribution in [0.25, 0.3) is 0 Å². The van der Waals surface area contributed by atoms with Crippen molar-refractivity contribution in [2.45, 2.75) is 45.6 Å². The molecular weight excluding hydrogens is 252 g/mol. The molecule has 3 N–H and O–H groups in total. The summed E-state index contributed by atoms with van der Waals surface area (Å²) >= 11 is 5.96. The Morgan fingerprint density at radius 1 is 1.28 bits per heavy atom. The zero-order valence-electron chi connectivity index (χ0n) is 11.3. The second-order valence-electron chi connectivity index (χ2n) is 5.76. The standard InChI is InChI=1S/C12H19ClN4O/c1-11(2,3)10-15-7(13)6-8(16-10)17-12(4,5)9(14)18/h6H,1-5H3,(H2,14,18)(H,15,16,17). The van der Waals surface area contributed by atoms with Gasteiger partial charge in [-0.05, 0) is 13.8 Å². The molecule has 0 unspecified atom stereocenters. The lowest BCUT2D eigenvalue weighted by Crippen LogP contribution is -2.45. The summed E-state index contributed by atoms with van der Waals surface area (Å²) in [5.74, 6) is 0.635. The van der Waals surface area contributed by atoms with E-state index >= 15 is 0 Å². The Hall–Kier alpha value is -1.36. The van der Waals surface area contributed by atoms with E-state index in [9.17, 15) is 4.79 Å². The molecule has 1 heterocycles. The van der Waals surface area contributed by atoms with Crippen molar-refractivity contribution in [3.8, 4) is 0 Å². The van der Waals surface area contributed by atoms with Crippen LogP contribution < -0.4 is 11.1 Å². The number of carbonyl (C=O) groups excluding carboxylic acids is 1. The normalized spacial score (nSPS) is 12.3. The van der Waals surface area contributed by atoms with Crippen LogP contribution in [-0.4, -0.2) is 21.4 Å². The molecule has 0 aromatic carbocycles. The van der Waals surface area contributed by atoms with E-state index in [4.69, 9.17) is 17.3 Å². The molecule has 1 rings (SSSR count). The first-order valence-electron chi connectivity index (χ1n) is 5.65. The highest BCUT2D eigenvalue weighted by Crippen LogP contribution is 2.23. The van der Waals surface area contributed by atoms with Gasteiger partial charge < -0.3 is 11.1 Å². The van der Waals surface area contributed by atoms with Gasteiger partial charge in [-0.3, -0.25) is 4.79 Å². The van der Waals surface area contributed by atoms with Crippen LogP contribution in [0.5, 0.6) is 0 Å². The number of anilines is 1. The van der Waals surface area contributed by atoms with Gasteiger partial charge in [-0.25, -0.2) is 9.97 Å². The van der Waals surface area contributed by atoms with Crippen molar-refractivity contribution in [1.82, 2.24) is 9.97 Å². The zero-order chi connectivity index (χ0) is 14.1. The van der Waals surface area contributed by atoms with E-state index in [1.807, 2.05) is 20.8 Å². The van der Waals surface area contributed by atoms with Gasteiger partial charge in [0.2, 0.25) is 5.91 Å². The fourth-order valence-corrected chi connectivity index (χ4v) is 1.38. The molecule has 0 fully saturated rings. The Morgan fingerprint density at radius 3 is 2.28 bits per heavy atom. The molecule has 1 amide bonds. The van der Waals surface area contributed by atoms with Crippen LogP contribution in [0.3, 0.4) is 0 Å². The quantitative estimate of drug-likeness (QED) is 0.824. The maximum absolute atomic E-state index is 11.3. The summed E-state index contributed by atoms with van der Waals surface area (Å²) < 4.78 is 0. The van der Waals surface area contributed by atoms with E-state index in [0.29, 0.717) is 16.8 Å². The summed E-state index contributed by atoms with van der Waals surface area (Å²) in [4.78, 5) is 19.8. The van der Waals surface area contributed by atoms with Gasteiger partial charge in [0, 0.05) is 11.5 Å². The molecule has 18 heavy (non-hydrogen) atoms. The van der Waals surface area contributed by atoms with E-state index < -0.39 is 11.4 Å². The minimum Gasteiger partial charge on any atom is -0.368 e. The van der Waals surface area contributed by atoms with Crippen molar-refractivity contribution in [1.29, 1.82) is 0 Å². The van der Waals surface area contributed by atoms with E-state index in [-0.39, 0.29) is 5.41 Å². The number of nitrogens with zero attached hydrogens (tertiary/aromatic N) is 2. The lowest BCUT2D eigenvalue weighted by atomic mass is 9.96. The summed E-state index contributed by atoms with van der Waals surface area (Å²) in [5.41, 5.74) is 4.18. The predicted octanol–water partition coefficient (Wildman–Crippen LogP) is 2.10. The molecule has 1 aromatic rings. The summed E-state index contributed by atoms with van der Waals surface area (Å²) in [7, 11) is 0. The lowest BCUT2D eigenvalue weighted by Gasteiger charge is -2.24. The van der Waals surface area contributed by atoms with Gasteiger partial charge in [0.25, 0.3) is 0 Å². The highest BCUT2D eigenvalue weighted by atomic mass is 35.5. The van der Waals surface area contributed by atoms with Gasteiger partial charge >= 0.3 is 0 Å². The minimum atomic E-state index is -0.896. The Bertz CT molecular complexity index is 466. The third kappa shape index (κ3) is 3.57. The monoisotopic (exact) mass is 270 g/mol. The highest BCUT2D eigenvalue weighted by molar-refractivity contribution is 6.29. The topological polar surface area (TPSA) is 80.9 Å². The number of primary amides is 1. The molecule has 6 heteroatoms. The second kappa shape index (κ2) is 4.72. The van der Waals surface area contributed by atoms with Gasteiger partial charge in [-0.2, -0.15) is 0 Å². The van der Waals surface area contributed by atoms with E-state index in [1.54, 1.807) is 19.9 Å². The highest BCUT2D eigenvalue weighted by Gasteiger charge is 2.26. The van der Waals surface area contributed by atoms with Crippen molar-refractivity contribution < 1.29 is 4.79 Å². The van der Waals surface area contributed by atoms with Gasteiger partial charge in [0.15, 0.2) is 0 Å². The molecule has 0 aliphatic carbocycles. The third-order valence-corrected chi connectivity index (χ3v) is 2.62. The molecule has 100 valence electrons. The van der Waals surface area contributed by atoms with Crippen LogP contribution in [0, 0.1) is 0 Å². The molecule has 0 saturated heterocycles. The lowest BCUT2D eigenvalue weighted by molar-refractivity contribution is -0.121. The van der Waals surface area contributed by atoms with E-state index in [1.165, 1.54) is 0 Å². The Balaban J connectivity index is 3.12. The molecule has 1 aromatic heterocycles. The fraction of sp³-hybridized carbons (Fsp3) is 0.583. The van der Waals surface area contributed by atoms with Gasteiger partial charge in [0.05, 0.1) is 0 Å². The number of hydrogen-bond acceptors (Lipinski definition) is 4. The van der Waals surface area contributed by atoms with Crippen molar-refractivity contribution in [2.24, 2.45) is 5.73 Å². The number of hydrogen-bond donors (Lipinski definition) is 2. The van der Waals surface area contributed by atoms with Gasteiger partial charge in [-0.1, -0.05) is 32.4 Å². The van der Waals surface area contributed by atoms with Crippen molar-refractivity contribution in [3.63, 3.8) is 0 Å². The smallest absolute Gasteiger partial charge is 0.242 e.